The summed E-state index contributed by atoms with van der Waals surface area (Å²) >= 11 is 0. The molecule has 0 radical (unpaired) electrons. The maximum atomic E-state index is 14.0. The standard InChI is InChI=1S/C20H27FN4O/c1-2-5-16-12-22-15-23-20(16)25-10-9-24(18(14-25)8-11-26)13-17-6-3-4-7-19(17)21/h3-4,6-7,12,15,18,26H,2,5,8-11,13-14H2,1H3/t18-/m0/s1. The smallest absolute Gasteiger partial charge is 0.135 e. The lowest BCUT2D eigenvalue weighted by molar-refractivity contribution is 0.134. The van der Waals surface area contributed by atoms with Crippen molar-refractivity contribution in [2.24, 2.45) is 0 Å². The van der Waals surface area contributed by atoms with Crippen LogP contribution in [0.1, 0.15) is 30.9 Å². The van der Waals surface area contributed by atoms with Gasteiger partial charge in [-0.05, 0) is 18.9 Å². The zero-order chi connectivity index (χ0) is 18.4. The van der Waals surface area contributed by atoms with Crippen LogP contribution in [-0.4, -0.2) is 52.3 Å². The summed E-state index contributed by atoms with van der Waals surface area (Å²) in [5, 5.41) is 9.51. The lowest BCUT2D eigenvalue weighted by atomic mass is 10.1. The molecule has 3 rings (SSSR count). The molecule has 1 aliphatic heterocycles. The van der Waals surface area contributed by atoms with Crippen LogP contribution in [0.25, 0.3) is 0 Å². The minimum atomic E-state index is -0.168. The van der Waals surface area contributed by atoms with E-state index in [-0.39, 0.29) is 18.5 Å². The second-order valence-electron chi connectivity index (χ2n) is 6.80. The Bertz CT molecular complexity index is 712. The van der Waals surface area contributed by atoms with Gasteiger partial charge in [-0.15, -0.1) is 0 Å². The molecule has 0 amide bonds. The van der Waals surface area contributed by atoms with Gasteiger partial charge in [-0.3, -0.25) is 4.90 Å². The van der Waals surface area contributed by atoms with Crippen molar-refractivity contribution in [2.45, 2.75) is 38.8 Å². The van der Waals surface area contributed by atoms with E-state index in [1.54, 1.807) is 12.4 Å². The number of benzene rings is 1. The van der Waals surface area contributed by atoms with E-state index >= 15 is 0 Å². The van der Waals surface area contributed by atoms with Crippen molar-refractivity contribution in [2.75, 3.05) is 31.1 Å². The van der Waals surface area contributed by atoms with Gasteiger partial charge in [0.15, 0.2) is 0 Å². The summed E-state index contributed by atoms with van der Waals surface area (Å²) in [7, 11) is 0. The highest BCUT2D eigenvalue weighted by molar-refractivity contribution is 5.46. The normalized spacial score (nSPS) is 18.3. The van der Waals surface area contributed by atoms with E-state index in [1.807, 2.05) is 18.3 Å². The Morgan fingerprint density at radius 1 is 1.23 bits per heavy atom. The van der Waals surface area contributed by atoms with Crippen LogP contribution in [0.5, 0.6) is 0 Å². The van der Waals surface area contributed by atoms with Crippen LogP contribution in [0.3, 0.4) is 0 Å². The molecule has 1 saturated heterocycles. The van der Waals surface area contributed by atoms with Gasteiger partial charge in [0.1, 0.15) is 18.0 Å². The van der Waals surface area contributed by atoms with Crippen LogP contribution >= 0.6 is 0 Å². The van der Waals surface area contributed by atoms with Crippen molar-refractivity contribution in [3.8, 4) is 0 Å². The number of rotatable bonds is 7. The molecule has 1 aromatic carbocycles. The molecule has 1 aromatic heterocycles. The molecule has 2 heterocycles. The summed E-state index contributed by atoms with van der Waals surface area (Å²) in [6, 6.07) is 7.09. The van der Waals surface area contributed by atoms with E-state index < -0.39 is 0 Å². The molecule has 0 aliphatic carbocycles. The van der Waals surface area contributed by atoms with Crippen molar-refractivity contribution >= 4 is 5.82 Å². The summed E-state index contributed by atoms with van der Waals surface area (Å²) in [6.45, 7) is 5.27. The summed E-state index contributed by atoms with van der Waals surface area (Å²) in [6.07, 6.45) is 6.17. The first-order chi connectivity index (χ1) is 12.7. The average molecular weight is 358 g/mol. The molecule has 1 fully saturated rings. The van der Waals surface area contributed by atoms with Crippen molar-refractivity contribution in [3.05, 3.63) is 53.7 Å². The Balaban J connectivity index is 1.75. The molecule has 0 saturated carbocycles. The van der Waals surface area contributed by atoms with E-state index in [1.165, 1.54) is 11.6 Å². The van der Waals surface area contributed by atoms with Gasteiger partial charge in [0.2, 0.25) is 0 Å². The number of aliphatic hydroxyl groups is 1. The fourth-order valence-electron chi connectivity index (χ4n) is 3.64. The van der Waals surface area contributed by atoms with E-state index in [0.717, 1.165) is 38.3 Å². The highest BCUT2D eigenvalue weighted by atomic mass is 19.1. The molecule has 2 aromatic rings. The number of anilines is 1. The fraction of sp³-hybridized carbons (Fsp3) is 0.500. The van der Waals surface area contributed by atoms with Gasteiger partial charge in [0.25, 0.3) is 0 Å². The Labute approximate surface area is 154 Å². The van der Waals surface area contributed by atoms with Gasteiger partial charge in [0, 0.05) is 56.2 Å². The minimum absolute atomic E-state index is 0.123. The van der Waals surface area contributed by atoms with Crippen LogP contribution in [0.15, 0.2) is 36.8 Å². The van der Waals surface area contributed by atoms with Crippen LogP contribution in [0, 0.1) is 5.82 Å². The Morgan fingerprint density at radius 3 is 2.85 bits per heavy atom. The number of piperazine rings is 1. The maximum Gasteiger partial charge on any atom is 0.135 e. The summed E-state index contributed by atoms with van der Waals surface area (Å²) in [5.74, 6) is 0.828. The van der Waals surface area contributed by atoms with E-state index in [9.17, 15) is 9.50 Å². The number of aromatic nitrogens is 2. The molecule has 1 N–H and O–H groups in total. The molecule has 140 valence electrons. The molecule has 6 heteroatoms. The molecule has 26 heavy (non-hydrogen) atoms. The van der Waals surface area contributed by atoms with Crippen molar-refractivity contribution in [1.29, 1.82) is 0 Å². The topological polar surface area (TPSA) is 52.5 Å². The second kappa shape index (κ2) is 9.05. The van der Waals surface area contributed by atoms with Crippen molar-refractivity contribution in [3.63, 3.8) is 0 Å². The van der Waals surface area contributed by atoms with Gasteiger partial charge in [-0.1, -0.05) is 31.5 Å². The van der Waals surface area contributed by atoms with Crippen LogP contribution in [-0.2, 0) is 13.0 Å². The zero-order valence-electron chi connectivity index (χ0n) is 15.3. The Kier molecular flexibility index (Phi) is 6.52. The molecule has 0 spiro atoms. The summed E-state index contributed by atoms with van der Waals surface area (Å²) in [4.78, 5) is 13.2. The molecular formula is C20H27FN4O. The number of hydrogen-bond acceptors (Lipinski definition) is 5. The monoisotopic (exact) mass is 358 g/mol. The molecule has 0 unspecified atom stereocenters. The van der Waals surface area contributed by atoms with Gasteiger partial charge >= 0.3 is 0 Å². The second-order valence-corrected chi connectivity index (χ2v) is 6.80. The third kappa shape index (κ3) is 4.37. The Hall–Kier alpha value is -2.05. The average Bonchev–Trinajstić information content (AvgIpc) is 2.66. The number of halogens is 1. The number of aliphatic hydroxyl groups excluding tert-OH is 1. The van der Waals surface area contributed by atoms with E-state index in [4.69, 9.17) is 0 Å². The van der Waals surface area contributed by atoms with E-state index in [0.29, 0.717) is 18.5 Å². The SMILES string of the molecule is CCCc1cncnc1N1CCN(Cc2ccccc2F)[C@@H](CCO)C1. The number of nitrogens with zero attached hydrogens (tertiary/aromatic N) is 4. The molecule has 1 atom stereocenters. The quantitative estimate of drug-likeness (QED) is 0.825. The van der Waals surface area contributed by atoms with Crippen molar-refractivity contribution < 1.29 is 9.50 Å². The summed E-state index contributed by atoms with van der Waals surface area (Å²) in [5.41, 5.74) is 1.87. The van der Waals surface area contributed by atoms with Crippen LogP contribution in [0.2, 0.25) is 0 Å². The maximum absolute atomic E-state index is 14.0. The van der Waals surface area contributed by atoms with Gasteiger partial charge in [0.05, 0.1) is 0 Å². The van der Waals surface area contributed by atoms with Gasteiger partial charge in [-0.2, -0.15) is 0 Å². The molecule has 0 bridgehead atoms. The largest absolute Gasteiger partial charge is 0.396 e. The predicted octanol–water partition coefficient (Wildman–Crippen LogP) is 2.64. The highest BCUT2D eigenvalue weighted by Gasteiger charge is 2.28. The third-order valence-corrected chi connectivity index (χ3v) is 4.98. The lowest BCUT2D eigenvalue weighted by Crippen LogP contribution is -2.53. The van der Waals surface area contributed by atoms with Crippen LogP contribution < -0.4 is 4.90 Å². The lowest BCUT2D eigenvalue weighted by Gasteiger charge is -2.42. The number of aryl methyl sites for hydroxylation is 1. The van der Waals surface area contributed by atoms with Gasteiger partial charge in [-0.25, -0.2) is 14.4 Å². The first kappa shape index (κ1) is 18.7. The van der Waals surface area contributed by atoms with Gasteiger partial charge < -0.3 is 10.0 Å². The highest BCUT2D eigenvalue weighted by Crippen LogP contribution is 2.24. The first-order valence-electron chi connectivity index (χ1n) is 9.35. The fourth-order valence-corrected chi connectivity index (χ4v) is 3.64. The molecule has 5 nitrogen and oxygen atoms in total. The molecular weight excluding hydrogens is 331 g/mol. The predicted molar refractivity (Wildman–Crippen MR) is 101 cm³/mol. The third-order valence-electron chi connectivity index (χ3n) is 4.98. The first-order valence-corrected chi connectivity index (χ1v) is 9.35. The van der Waals surface area contributed by atoms with Crippen molar-refractivity contribution in [1.82, 2.24) is 14.9 Å². The van der Waals surface area contributed by atoms with E-state index in [2.05, 4.69) is 26.7 Å². The minimum Gasteiger partial charge on any atom is -0.396 e. The molecule has 1 aliphatic rings. The van der Waals surface area contributed by atoms with Crippen LogP contribution in [0.4, 0.5) is 10.2 Å². The number of hydrogen-bond donors (Lipinski definition) is 1. The summed E-state index contributed by atoms with van der Waals surface area (Å²) < 4.78 is 14.0. The zero-order valence-corrected chi connectivity index (χ0v) is 15.3. The Morgan fingerprint density at radius 2 is 2.08 bits per heavy atom.